The van der Waals surface area contributed by atoms with Crippen molar-refractivity contribution >= 4 is 23.6 Å². The predicted molar refractivity (Wildman–Crippen MR) is 181 cm³/mol. The van der Waals surface area contributed by atoms with Crippen molar-refractivity contribution in [2.45, 2.75) is 178 Å². The van der Waals surface area contributed by atoms with E-state index in [1.54, 1.807) is 6.26 Å². The maximum Gasteiger partial charge on any atom is 0.303 e. The number of hydrogen-bond donors (Lipinski definition) is 6. The van der Waals surface area contributed by atoms with E-state index in [4.69, 9.17) is 9.84 Å². The number of unbranched alkanes of at least 4 members (excludes halogenated alkanes) is 12. The molecule has 266 valence electrons. The monoisotopic (exact) mass is 662 g/mol. The van der Waals surface area contributed by atoms with Gasteiger partial charge in [-0.3, -0.25) is 14.5 Å². The number of nitrogens with one attached hydrogen (secondary N) is 1. The number of carbonyl (C=O) groups excluding carboxylic acids is 1. The molecule has 2 rings (SSSR count). The molecule has 0 radical (unpaired) electrons. The molecule has 11 heteroatoms. The fourth-order valence-corrected chi connectivity index (χ4v) is 7.11. The summed E-state index contributed by atoms with van der Waals surface area (Å²) < 4.78 is 5.72. The van der Waals surface area contributed by atoms with Crippen LogP contribution in [0, 0.1) is 5.92 Å². The molecule has 1 amide bonds. The second-order valence-electron chi connectivity index (χ2n) is 13.2. The second kappa shape index (κ2) is 24.2. The zero-order valence-corrected chi connectivity index (χ0v) is 29.6. The van der Waals surface area contributed by atoms with E-state index in [1.165, 1.54) is 89.3 Å². The van der Waals surface area contributed by atoms with E-state index < -0.39 is 48.0 Å². The summed E-state index contributed by atoms with van der Waals surface area (Å²) >= 11 is 1.20. The summed E-state index contributed by atoms with van der Waals surface area (Å²) in [6.45, 7) is 6.75. The van der Waals surface area contributed by atoms with Crippen molar-refractivity contribution in [3.63, 3.8) is 0 Å². The molecule has 0 bridgehead atoms. The Labute approximate surface area is 277 Å². The third-order valence-electron chi connectivity index (χ3n) is 9.15. The summed E-state index contributed by atoms with van der Waals surface area (Å²) in [5, 5.41) is 52.0. The van der Waals surface area contributed by atoms with Gasteiger partial charge in [-0.25, -0.2) is 0 Å². The molecular formula is C34H66N2O8S. The lowest BCUT2D eigenvalue weighted by Crippen LogP contribution is -2.65. The van der Waals surface area contributed by atoms with Crippen molar-refractivity contribution < 1.29 is 39.9 Å². The first-order valence-corrected chi connectivity index (χ1v) is 18.9. The average molecular weight is 663 g/mol. The molecule has 0 saturated carbocycles. The van der Waals surface area contributed by atoms with Crippen LogP contribution in [0.15, 0.2) is 0 Å². The fraction of sp³-hybridized carbons (Fsp3) is 0.941. The van der Waals surface area contributed by atoms with Crippen LogP contribution in [0.3, 0.4) is 0 Å². The molecule has 9 atom stereocenters. The van der Waals surface area contributed by atoms with Crippen LogP contribution in [-0.2, 0) is 14.3 Å². The molecule has 0 unspecified atom stereocenters. The van der Waals surface area contributed by atoms with Crippen LogP contribution in [0.1, 0.15) is 130 Å². The molecule has 0 aliphatic carbocycles. The van der Waals surface area contributed by atoms with Gasteiger partial charge in [0.05, 0.1) is 18.2 Å². The zero-order valence-electron chi connectivity index (χ0n) is 28.7. The number of thioether (sulfide) groups is 1. The molecule has 0 spiro atoms. The Bertz CT molecular complexity index is 789. The molecule has 2 fully saturated rings. The molecule has 2 saturated heterocycles. The number of aliphatic hydroxyl groups excluding tert-OH is 4. The first-order chi connectivity index (χ1) is 21.5. The van der Waals surface area contributed by atoms with Crippen molar-refractivity contribution in [1.29, 1.82) is 0 Å². The van der Waals surface area contributed by atoms with Crippen LogP contribution in [0.2, 0.25) is 0 Å². The number of rotatable bonds is 21. The normalized spacial score (nSPS) is 28.2. The predicted octanol–water partition coefficient (Wildman–Crippen LogP) is 4.70. The average Bonchev–Trinajstić information content (AvgIpc) is 3.37. The Morgan fingerprint density at radius 2 is 1.40 bits per heavy atom. The Morgan fingerprint density at radius 3 is 1.87 bits per heavy atom. The first-order valence-electron chi connectivity index (χ1n) is 17.6. The molecule has 10 nitrogen and oxygen atoms in total. The van der Waals surface area contributed by atoms with Crippen molar-refractivity contribution in [2.75, 3.05) is 19.8 Å². The highest BCUT2D eigenvalue weighted by Crippen LogP contribution is 2.30. The topological polar surface area (TPSA) is 160 Å². The summed E-state index contributed by atoms with van der Waals surface area (Å²) in [5.41, 5.74) is -0.755. The van der Waals surface area contributed by atoms with E-state index in [0.717, 1.165) is 38.6 Å². The van der Waals surface area contributed by atoms with Gasteiger partial charge in [0, 0.05) is 13.0 Å². The van der Waals surface area contributed by atoms with Crippen LogP contribution in [-0.4, -0.2) is 110 Å². The third-order valence-corrected chi connectivity index (χ3v) is 10.0. The van der Waals surface area contributed by atoms with E-state index in [2.05, 4.69) is 19.2 Å². The Morgan fingerprint density at radius 1 is 0.867 bits per heavy atom. The molecule has 0 aromatic rings. The van der Waals surface area contributed by atoms with Crippen LogP contribution in [0.25, 0.3) is 0 Å². The van der Waals surface area contributed by atoms with Crippen molar-refractivity contribution in [2.24, 2.45) is 5.92 Å². The van der Waals surface area contributed by atoms with Gasteiger partial charge in [-0.05, 0) is 45.4 Å². The Kier molecular flexibility index (Phi) is 22.7. The van der Waals surface area contributed by atoms with E-state index >= 15 is 0 Å². The maximum atomic E-state index is 12.8. The Hall–Kier alpha value is -0.950. The molecule has 0 aromatic heterocycles. The molecular weight excluding hydrogens is 596 g/mol. The van der Waals surface area contributed by atoms with Crippen LogP contribution < -0.4 is 5.32 Å². The SMILES string of the molecule is CCCCCCCCCCCCCCCC(=O)O.CCC[C@@H]1C[C@@H](C(=O)N[C@@H]([C@H]2O[C@H](SC)[C@H](O)[C@@H](O)[C@H]2O)[C@@H](C)O)N(C)C1. The number of amides is 1. The number of hydrogen-bond acceptors (Lipinski definition) is 9. The number of likely N-dealkylation sites (tertiary alicyclic amines) is 1. The van der Waals surface area contributed by atoms with E-state index in [1.807, 2.05) is 11.9 Å². The van der Waals surface area contributed by atoms with Gasteiger partial charge >= 0.3 is 5.97 Å². The number of carboxylic acids is 1. The highest BCUT2D eigenvalue weighted by Gasteiger charge is 2.48. The number of carbonyl (C=O) groups is 2. The van der Waals surface area contributed by atoms with E-state index in [0.29, 0.717) is 12.3 Å². The molecule has 2 heterocycles. The number of ether oxygens (including phenoxy) is 1. The van der Waals surface area contributed by atoms with Gasteiger partial charge in [0.15, 0.2) is 0 Å². The number of aliphatic hydroxyl groups is 4. The lowest BCUT2D eigenvalue weighted by molar-refractivity contribution is -0.211. The van der Waals surface area contributed by atoms with E-state index in [-0.39, 0.29) is 11.9 Å². The summed E-state index contributed by atoms with van der Waals surface area (Å²) in [7, 11) is 1.91. The fourth-order valence-electron chi connectivity index (χ4n) is 6.43. The number of likely N-dealkylation sites (N-methyl/N-ethyl adjacent to an activating group) is 1. The first kappa shape index (κ1) is 42.1. The van der Waals surface area contributed by atoms with Gasteiger partial charge in [0.1, 0.15) is 29.9 Å². The van der Waals surface area contributed by atoms with Gasteiger partial charge < -0.3 is 35.6 Å². The number of carboxylic acid groups (broad SMARTS) is 1. The number of aliphatic carboxylic acids is 1. The summed E-state index contributed by atoms with van der Waals surface area (Å²) in [5.74, 6) is -0.410. The molecule has 0 aromatic carbocycles. The summed E-state index contributed by atoms with van der Waals surface area (Å²) in [6, 6.07) is -1.20. The lowest BCUT2D eigenvalue weighted by Gasteiger charge is -2.44. The number of nitrogens with zero attached hydrogens (tertiary/aromatic N) is 1. The quantitative estimate of drug-likeness (QED) is 0.0952. The third kappa shape index (κ3) is 16.1. The Balaban J connectivity index is 0.000000492. The van der Waals surface area contributed by atoms with Crippen LogP contribution in [0.5, 0.6) is 0 Å². The largest absolute Gasteiger partial charge is 0.481 e. The van der Waals surface area contributed by atoms with E-state index in [9.17, 15) is 30.0 Å². The van der Waals surface area contributed by atoms with Crippen LogP contribution >= 0.6 is 11.8 Å². The minimum atomic E-state index is -1.42. The maximum absolute atomic E-state index is 12.8. The van der Waals surface area contributed by atoms with Gasteiger partial charge in [-0.1, -0.05) is 97.3 Å². The highest BCUT2D eigenvalue weighted by atomic mass is 32.2. The van der Waals surface area contributed by atoms with Crippen molar-refractivity contribution in [3.05, 3.63) is 0 Å². The zero-order chi connectivity index (χ0) is 33.8. The smallest absolute Gasteiger partial charge is 0.303 e. The van der Waals surface area contributed by atoms with Gasteiger partial charge in [-0.2, -0.15) is 0 Å². The molecule has 45 heavy (non-hydrogen) atoms. The van der Waals surface area contributed by atoms with Gasteiger partial charge in [-0.15, -0.1) is 11.8 Å². The minimum Gasteiger partial charge on any atom is -0.481 e. The highest BCUT2D eigenvalue weighted by molar-refractivity contribution is 7.99. The van der Waals surface area contributed by atoms with Crippen LogP contribution in [0.4, 0.5) is 0 Å². The lowest BCUT2D eigenvalue weighted by atomic mass is 9.92. The second-order valence-corrected chi connectivity index (χ2v) is 14.1. The van der Waals surface area contributed by atoms with Crippen molar-refractivity contribution in [1.82, 2.24) is 10.2 Å². The molecule has 2 aliphatic heterocycles. The van der Waals surface area contributed by atoms with Gasteiger partial charge in [0.25, 0.3) is 0 Å². The molecule has 2 aliphatic rings. The minimum absolute atomic E-state index is 0.223. The standard InChI is InChI=1S/C18H34N2O6S.C16H32O2/c1-5-6-10-7-11(20(3)8-10)17(25)19-12(9(2)21)16-14(23)13(22)15(24)18(26-16)27-4;1-2-3-4-5-6-7-8-9-10-11-12-13-14-15-16(17)18/h9-16,18,21-24H,5-8H2,1-4H3,(H,19,25);2-15H2,1H3,(H,17,18)/t9-,10-,11+,12-,13+,14-,15-,16-,18-;/m1./s1. The van der Waals surface area contributed by atoms with Crippen molar-refractivity contribution in [3.8, 4) is 0 Å². The van der Waals surface area contributed by atoms with Gasteiger partial charge in [0.2, 0.25) is 5.91 Å². The summed E-state index contributed by atoms with van der Waals surface area (Å²) in [4.78, 5) is 25.2. The summed E-state index contributed by atoms with van der Waals surface area (Å²) in [6.07, 6.45) is 15.8. The molecule has 6 N–H and O–H groups in total.